The summed E-state index contributed by atoms with van der Waals surface area (Å²) in [7, 11) is 0. The van der Waals surface area contributed by atoms with E-state index in [9.17, 15) is 0 Å². The second-order valence-corrected chi connectivity index (χ2v) is 4.50. The van der Waals surface area contributed by atoms with Gasteiger partial charge in [0.05, 0.1) is 11.4 Å². The summed E-state index contributed by atoms with van der Waals surface area (Å²) in [6, 6.07) is 20.6. The molecule has 3 rings (SSSR count). The molecule has 0 amide bonds. The molecule has 0 aliphatic rings. The van der Waals surface area contributed by atoms with Gasteiger partial charge in [-0.3, -0.25) is 0 Å². The largest absolute Gasteiger partial charge is 0.240 e. The topological polar surface area (TPSA) is 17.8 Å². The lowest BCUT2D eigenvalue weighted by atomic mass is 10.1. The molecule has 0 bridgehead atoms. The highest BCUT2D eigenvalue weighted by atomic mass is 15.3. The van der Waals surface area contributed by atoms with Crippen molar-refractivity contribution in [2.75, 3.05) is 0 Å². The van der Waals surface area contributed by atoms with E-state index in [0.717, 1.165) is 17.8 Å². The Hall–Kier alpha value is -2.35. The molecule has 2 aromatic carbocycles. The molecule has 0 aliphatic heterocycles. The summed E-state index contributed by atoms with van der Waals surface area (Å²) in [6.45, 7) is 6.17. The Bertz CT molecular complexity index is 655. The SMILES string of the molecule is CC.CCc1cn(-c2ccccc2)nc1-c1ccccc1. The van der Waals surface area contributed by atoms with Gasteiger partial charge in [-0.2, -0.15) is 5.10 Å². The zero-order valence-electron chi connectivity index (χ0n) is 13.0. The summed E-state index contributed by atoms with van der Waals surface area (Å²) in [5, 5.41) is 4.74. The zero-order valence-corrected chi connectivity index (χ0v) is 13.0. The predicted octanol–water partition coefficient (Wildman–Crippen LogP) is 5.13. The maximum atomic E-state index is 4.74. The zero-order chi connectivity index (χ0) is 15.1. The van der Waals surface area contributed by atoms with E-state index in [1.807, 2.05) is 42.8 Å². The molecule has 108 valence electrons. The van der Waals surface area contributed by atoms with Crippen molar-refractivity contribution in [3.63, 3.8) is 0 Å². The molecular formula is C19H22N2. The average Bonchev–Trinajstić information content (AvgIpc) is 3.03. The number of aromatic nitrogens is 2. The fourth-order valence-corrected chi connectivity index (χ4v) is 2.22. The van der Waals surface area contributed by atoms with Crippen molar-refractivity contribution in [1.82, 2.24) is 9.78 Å². The number of para-hydroxylation sites is 1. The summed E-state index contributed by atoms with van der Waals surface area (Å²) >= 11 is 0. The standard InChI is InChI=1S/C17H16N2.C2H6/c1-2-14-13-19(16-11-7-4-8-12-16)18-17(14)15-9-5-3-6-10-15;1-2/h3-13H,2H2,1H3;1-2H3. The van der Waals surface area contributed by atoms with Crippen LogP contribution in [0.2, 0.25) is 0 Å². The minimum atomic E-state index is 0.983. The number of rotatable bonds is 3. The fourth-order valence-electron chi connectivity index (χ4n) is 2.22. The molecule has 0 saturated heterocycles. The van der Waals surface area contributed by atoms with Crippen molar-refractivity contribution in [3.8, 4) is 16.9 Å². The Kier molecular flexibility index (Phi) is 5.33. The van der Waals surface area contributed by atoms with E-state index in [1.54, 1.807) is 0 Å². The number of benzene rings is 2. The normalized spacial score (nSPS) is 9.86. The van der Waals surface area contributed by atoms with Crippen LogP contribution in [0.3, 0.4) is 0 Å². The van der Waals surface area contributed by atoms with Gasteiger partial charge in [0.1, 0.15) is 0 Å². The minimum Gasteiger partial charge on any atom is -0.240 e. The lowest BCUT2D eigenvalue weighted by Crippen LogP contribution is -1.93. The predicted molar refractivity (Wildman–Crippen MR) is 89.7 cm³/mol. The summed E-state index contributed by atoms with van der Waals surface area (Å²) in [5.41, 5.74) is 4.62. The van der Waals surface area contributed by atoms with Crippen molar-refractivity contribution in [3.05, 3.63) is 72.4 Å². The molecule has 3 aromatic rings. The Morgan fingerprint density at radius 2 is 1.43 bits per heavy atom. The number of hydrogen-bond acceptors (Lipinski definition) is 1. The van der Waals surface area contributed by atoms with E-state index in [0.29, 0.717) is 0 Å². The first-order valence-corrected chi connectivity index (χ1v) is 7.58. The van der Waals surface area contributed by atoms with Crippen molar-refractivity contribution in [2.24, 2.45) is 0 Å². The first-order valence-electron chi connectivity index (χ1n) is 7.58. The van der Waals surface area contributed by atoms with Crippen LogP contribution in [0.25, 0.3) is 16.9 Å². The van der Waals surface area contributed by atoms with Crippen molar-refractivity contribution in [1.29, 1.82) is 0 Å². The molecule has 0 atom stereocenters. The molecule has 0 radical (unpaired) electrons. The quantitative estimate of drug-likeness (QED) is 0.649. The van der Waals surface area contributed by atoms with Crippen LogP contribution in [0.4, 0.5) is 0 Å². The van der Waals surface area contributed by atoms with Crippen LogP contribution >= 0.6 is 0 Å². The fraction of sp³-hybridized carbons (Fsp3) is 0.211. The van der Waals surface area contributed by atoms with E-state index in [4.69, 9.17) is 5.10 Å². The molecule has 2 nitrogen and oxygen atoms in total. The third-order valence-corrected chi connectivity index (χ3v) is 3.24. The molecule has 0 aliphatic carbocycles. The highest BCUT2D eigenvalue weighted by Crippen LogP contribution is 2.23. The van der Waals surface area contributed by atoms with Gasteiger partial charge in [-0.15, -0.1) is 0 Å². The maximum absolute atomic E-state index is 4.74. The Morgan fingerprint density at radius 3 is 2.00 bits per heavy atom. The first kappa shape index (κ1) is 15.0. The molecule has 0 fully saturated rings. The molecule has 0 unspecified atom stereocenters. The molecule has 0 N–H and O–H groups in total. The summed E-state index contributed by atoms with van der Waals surface area (Å²) in [4.78, 5) is 0. The van der Waals surface area contributed by atoms with Gasteiger partial charge in [0.15, 0.2) is 0 Å². The van der Waals surface area contributed by atoms with Crippen LogP contribution in [0.1, 0.15) is 26.3 Å². The van der Waals surface area contributed by atoms with Crippen molar-refractivity contribution < 1.29 is 0 Å². The van der Waals surface area contributed by atoms with E-state index in [2.05, 4.69) is 49.5 Å². The van der Waals surface area contributed by atoms with Gasteiger partial charge < -0.3 is 0 Å². The van der Waals surface area contributed by atoms with Crippen LogP contribution in [0.15, 0.2) is 66.9 Å². The van der Waals surface area contributed by atoms with Gasteiger partial charge in [-0.25, -0.2) is 4.68 Å². The third kappa shape index (κ3) is 3.40. The summed E-state index contributed by atoms with van der Waals surface area (Å²) in [5.74, 6) is 0. The van der Waals surface area contributed by atoms with Crippen LogP contribution in [0, 0.1) is 0 Å². The van der Waals surface area contributed by atoms with Crippen LogP contribution < -0.4 is 0 Å². The third-order valence-electron chi connectivity index (χ3n) is 3.24. The van der Waals surface area contributed by atoms with Crippen LogP contribution in [0.5, 0.6) is 0 Å². The van der Waals surface area contributed by atoms with Gasteiger partial charge in [0.2, 0.25) is 0 Å². The van der Waals surface area contributed by atoms with E-state index in [1.165, 1.54) is 11.1 Å². The lowest BCUT2D eigenvalue weighted by molar-refractivity contribution is 0.883. The Labute approximate surface area is 127 Å². The van der Waals surface area contributed by atoms with Crippen molar-refractivity contribution >= 4 is 0 Å². The highest BCUT2D eigenvalue weighted by molar-refractivity contribution is 5.63. The molecule has 1 aromatic heterocycles. The number of nitrogens with zero attached hydrogens (tertiary/aromatic N) is 2. The minimum absolute atomic E-state index is 0.983. The van der Waals surface area contributed by atoms with Crippen LogP contribution in [-0.2, 0) is 6.42 Å². The second kappa shape index (κ2) is 7.44. The summed E-state index contributed by atoms with van der Waals surface area (Å²) < 4.78 is 1.96. The smallest absolute Gasteiger partial charge is 0.0959 e. The van der Waals surface area contributed by atoms with Gasteiger partial charge in [-0.1, -0.05) is 69.3 Å². The van der Waals surface area contributed by atoms with E-state index >= 15 is 0 Å². The molecular weight excluding hydrogens is 256 g/mol. The summed E-state index contributed by atoms with van der Waals surface area (Å²) in [6.07, 6.45) is 3.11. The number of aryl methyl sites for hydroxylation is 1. The van der Waals surface area contributed by atoms with E-state index in [-0.39, 0.29) is 0 Å². The average molecular weight is 278 g/mol. The molecule has 1 heterocycles. The highest BCUT2D eigenvalue weighted by Gasteiger charge is 2.10. The first-order chi connectivity index (χ1) is 10.4. The Balaban J connectivity index is 0.000000774. The van der Waals surface area contributed by atoms with Gasteiger partial charge >= 0.3 is 0 Å². The Morgan fingerprint density at radius 1 is 0.857 bits per heavy atom. The molecule has 0 spiro atoms. The second-order valence-electron chi connectivity index (χ2n) is 4.50. The van der Waals surface area contributed by atoms with Gasteiger partial charge in [-0.05, 0) is 24.1 Å². The van der Waals surface area contributed by atoms with Gasteiger partial charge in [0, 0.05) is 11.8 Å². The maximum Gasteiger partial charge on any atom is 0.0959 e. The van der Waals surface area contributed by atoms with Crippen LogP contribution in [-0.4, -0.2) is 9.78 Å². The van der Waals surface area contributed by atoms with Crippen molar-refractivity contribution in [2.45, 2.75) is 27.2 Å². The molecule has 0 saturated carbocycles. The lowest BCUT2D eigenvalue weighted by Gasteiger charge is -2.00. The van der Waals surface area contributed by atoms with E-state index < -0.39 is 0 Å². The van der Waals surface area contributed by atoms with Gasteiger partial charge in [0.25, 0.3) is 0 Å². The monoisotopic (exact) mass is 278 g/mol. The molecule has 2 heteroatoms. The molecule has 21 heavy (non-hydrogen) atoms. The number of hydrogen-bond donors (Lipinski definition) is 0.